The first-order valence-electron chi connectivity index (χ1n) is 8.55. The second-order valence-corrected chi connectivity index (χ2v) is 8.20. The normalized spacial score (nSPS) is 11.1. The quantitative estimate of drug-likeness (QED) is 0.588. The Morgan fingerprint density at radius 2 is 1.45 bits per heavy atom. The molecule has 0 aliphatic carbocycles. The number of halogens is 1. The molecule has 0 atom stereocenters. The van der Waals surface area contributed by atoms with Gasteiger partial charge in [0.15, 0.2) is 5.78 Å². The summed E-state index contributed by atoms with van der Waals surface area (Å²) in [5, 5.41) is 7.87. The summed E-state index contributed by atoms with van der Waals surface area (Å²) in [6.07, 6.45) is 0. The molecule has 0 aromatic heterocycles. The Kier molecular flexibility index (Phi) is 6.12. The largest absolute Gasteiger partial charge is 0.348 e. The standard InChI is InChI=1S/C21H17ClN2O4S/c22-18-11-10-17(12-19(18)29(23,27)28)20(25)15-6-8-16(9-7-15)21(26)24-13-14-4-2-1-3-5-14/h1-12H,13H2,(H,24,26)(H2,23,27,28). The Bertz CT molecular complexity index is 1160. The molecule has 3 N–H and O–H groups in total. The Hall–Kier alpha value is -3.00. The molecular weight excluding hydrogens is 412 g/mol. The van der Waals surface area contributed by atoms with E-state index in [1.54, 1.807) is 0 Å². The van der Waals surface area contributed by atoms with Gasteiger partial charge in [-0.25, -0.2) is 13.6 Å². The average Bonchev–Trinajstić information content (AvgIpc) is 2.72. The average molecular weight is 429 g/mol. The molecule has 0 fully saturated rings. The van der Waals surface area contributed by atoms with Crippen molar-refractivity contribution in [1.82, 2.24) is 5.32 Å². The number of primary sulfonamides is 1. The molecule has 3 rings (SSSR count). The molecule has 0 saturated carbocycles. The van der Waals surface area contributed by atoms with Crippen molar-refractivity contribution in [3.8, 4) is 0 Å². The van der Waals surface area contributed by atoms with Crippen LogP contribution in [0.3, 0.4) is 0 Å². The van der Waals surface area contributed by atoms with Gasteiger partial charge >= 0.3 is 0 Å². The van der Waals surface area contributed by atoms with Crippen LogP contribution in [0.15, 0.2) is 77.7 Å². The molecule has 148 valence electrons. The van der Waals surface area contributed by atoms with Crippen molar-refractivity contribution in [3.05, 3.63) is 100 Å². The molecule has 6 nitrogen and oxygen atoms in total. The molecule has 0 heterocycles. The minimum Gasteiger partial charge on any atom is -0.348 e. The van der Waals surface area contributed by atoms with E-state index in [4.69, 9.17) is 16.7 Å². The highest BCUT2D eigenvalue weighted by Gasteiger charge is 2.17. The third kappa shape index (κ3) is 5.08. The number of rotatable bonds is 6. The van der Waals surface area contributed by atoms with Gasteiger partial charge < -0.3 is 5.32 Å². The summed E-state index contributed by atoms with van der Waals surface area (Å²) in [5.74, 6) is -0.682. The molecule has 0 aliphatic rings. The van der Waals surface area contributed by atoms with Gasteiger partial charge in [-0.3, -0.25) is 9.59 Å². The van der Waals surface area contributed by atoms with Crippen molar-refractivity contribution in [3.63, 3.8) is 0 Å². The first-order chi connectivity index (χ1) is 13.8. The van der Waals surface area contributed by atoms with Crippen LogP contribution in [0, 0.1) is 0 Å². The zero-order chi connectivity index (χ0) is 21.0. The van der Waals surface area contributed by atoms with E-state index in [9.17, 15) is 18.0 Å². The van der Waals surface area contributed by atoms with Crippen LogP contribution in [0.4, 0.5) is 0 Å². The van der Waals surface area contributed by atoms with E-state index in [0.29, 0.717) is 17.7 Å². The molecule has 0 unspecified atom stereocenters. The molecule has 1 amide bonds. The van der Waals surface area contributed by atoms with Crippen LogP contribution in [0.25, 0.3) is 0 Å². The number of nitrogens with one attached hydrogen (secondary N) is 1. The van der Waals surface area contributed by atoms with Crippen molar-refractivity contribution in [2.45, 2.75) is 11.4 Å². The lowest BCUT2D eigenvalue weighted by Crippen LogP contribution is -2.22. The Morgan fingerprint density at radius 1 is 0.862 bits per heavy atom. The van der Waals surface area contributed by atoms with Crippen LogP contribution in [0.1, 0.15) is 31.8 Å². The molecule has 3 aromatic carbocycles. The summed E-state index contributed by atoms with van der Waals surface area (Å²) in [7, 11) is -4.06. The fourth-order valence-corrected chi connectivity index (χ4v) is 3.75. The van der Waals surface area contributed by atoms with E-state index in [0.717, 1.165) is 11.6 Å². The van der Waals surface area contributed by atoms with Gasteiger partial charge in [-0.1, -0.05) is 54.1 Å². The number of benzene rings is 3. The maximum Gasteiger partial charge on any atom is 0.251 e. The van der Waals surface area contributed by atoms with E-state index in [-0.39, 0.29) is 21.4 Å². The summed E-state index contributed by atoms with van der Waals surface area (Å²) >= 11 is 5.85. The second kappa shape index (κ2) is 8.57. The highest BCUT2D eigenvalue weighted by Crippen LogP contribution is 2.23. The smallest absolute Gasteiger partial charge is 0.251 e. The van der Waals surface area contributed by atoms with Crippen LogP contribution < -0.4 is 10.5 Å². The Labute approximate surface area is 173 Å². The van der Waals surface area contributed by atoms with Crippen molar-refractivity contribution in [2.75, 3.05) is 0 Å². The topological polar surface area (TPSA) is 106 Å². The molecule has 8 heteroatoms. The lowest BCUT2D eigenvalue weighted by atomic mass is 10.0. The minimum atomic E-state index is -4.06. The van der Waals surface area contributed by atoms with E-state index < -0.39 is 15.8 Å². The predicted molar refractivity (Wildman–Crippen MR) is 110 cm³/mol. The zero-order valence-electron chi connectivity index (χ0n) is 15.1. The molecule has 0 spiro atoms. The van der Waals surface area contributed by atoms with E-state index in [1.807, 2.05) is 30.3 Å². The summed E-state index contributed by atoms with van der Waals surface area (Å²) in [6, 6.07) is 19.4. The lowest BCUT2D eigenvalue weighted by molar-refractivity contribution is 0.0949. The summed E-state index contributed by atoms with van der Waals surface area (Å²) in [4.78, 5) is 24.6. The Balaban J connectivity index is 1.74. The number of carbonyl (C=O) groups excluding carboxylic acids is 2. The highest BCUT2D eigenvalue weighted by molar-refractivity contribution is 7.89. The van der Waals surface area contributed by atoms with Crippen LogP contribution in [0.5, 0.6) is 0 Å². The van der Waals surface area contributed by atoms with Gasteiger partial charge in [-0.15, -0.1) is 0 Å². The molecule has 0 saturated heterocycles. The number of hydrogen-bond acceptors (Lipinski definition) is 4. The van der Waals surface area contributed by atoms with Crippen LogP contribution in [-0.2, 0) is 16.6 Å². The zero-order valence-corrected chi connectivity index (χ0v) is 16.7. The number of ketones is 1. The van der Waals surface area contributed by atoms with E-state index in [1.165, 1.54) is 36.4 Å². The lowest BCUT2D eigenvalue weighted by Gasteiger charge is -2.08. The number of carbonyl (C=O) groups is 2. The van der Waals surface area contributed by atoms with E-state index >= 15 is 0 Å². The Morgan fingerprint density at radius 3 is 2.07 bits per heavy atom. The summed E-state index contributed by atoms with van der Waals surface area (Å²) in [6.45, 7) is 0.390. The van der Waals surface area contributed by atoms with Crippen LogP contribution in [0.2, 0.25) is 5.02 Å². The van der Waals surface area contributed by atoms with Crippen molar-refractivity contribution in [1.29, 1.82) is 0 Å². The fourth-order valence-electron chi connectivity index (χ4n) is 2.68. The monoisotopic (exact) mass is 428 g/mol. The number of sulfonamides is 1. The summed E-state index contributed by atoms with van der Waals surface area (Å²) < 4.78 is 23.2. The molecule has 0 radical (unpaired) electrons. The molecular formula is C21H17ClN2O4S. The van der Waals surface area contributed by atoms with Crippen LogP contribution in [-0.4, -0.2) is 20.1 Å². The predicted octanol–water partition coefficient (Wildman–Crippen LogP) is 3.15. The van der Waals surface area contributed by atoms with Gasteiger partial charge in [-0.05, 0) is 35.9 Å². The molecule has 3 aromatic rings. The van der Waals surface area contributed by atoms with Crippen LogP contribution >= 0.6 is 11.6 Å². The number of nitrogens with two attached hydrogens (primary N) is 1. The fraction of sp³-hybridized carbons (Fsp3) is 0.0476. The maximum absolute atomic E-state index is 12.6. The minimum absolute atomic E-state index is 0.0607. The second-order valence-electron chi connectivity index (χ2n) is 6.26. The van der Waals surface area contributed by atoms with Gasteiger partial charge in [0.2, 0.25) is 10.0 Å². The van der Waals surface area contributed by atoms with Gasteiger partial charge in [0.05, 0.1) is 5.02 Å². The summed E-state index contributed by atoms with van der Waals surface area (Å²) in [5.41, 5.74) is 1.80. The van der Waals surface area contributed by atoms with Crippen molar-refractivity contribution < 1.29 is 18.0 Å². The maximum atomic E-state index is 12.6. The number of hydrogen-bond donors (Lipinski definition) is 2. The molecule has 0 bridgehead atoms. The van der Waals surface area contributed by atoms with Gasteiger partial charge in [0, 0.05) is 23.2 Å². The third-order valence-corrected chi connectivity index (χ3v) is 5.60. The highest BCUT2D eigenvalue weighted by atomic mass is 35.5. The third-order valence-electron chi connectivity index (χ3n) is 4.21. The van der Waals surface area contributed by atoms with Gasteiger partial charge in [0.1, 0.15) is 4.90 Å². The van der Waals surface area contributed by atoms with E-state index in [2.05, 4.69) is 5.32 Å². The molecule has 29 heavy (non-hydrogen) atoms. The van der Waals surface area contributed by atoms with Gasteiger partial charge in [-0.2, -0.15) is 0 Å². The molecule has 0 aliphatic heterocycles. The number of amides is 1. The van der Waals surface area contributed by atoms with Crippen molar-refractivity contribution >= 4 is 33.3 Å². The first kappa shape index (κ1) is 20.7. The first-order valence-corrected chi connectivity index (χ1v) is 10.5. The van der Waals surface area contributed by atoms with Gasteiger partial charge in [0.25, 0.3) is 5.91 Å². The van der Waals surface area contributed by atoms with Crippen molar-refractivity contribution in [2.24, 2.45) is 5.14 Å². The SMILES string of the molecule is NS(=O)(=O)c1cc(C(=O)c2ccc(C(=O)NCc3ccccc3)cc2)ccc1Cl.